The average Bonchev–Trinajstić information content (AvgIpc) is 2.99. The number of amides is 2. The number of carbonyl (C=O) groups excluding carboxylic acids is 2. The molecule has 3 N–H and O–H groups in total. The molecule has 136 valence electrons. The second kappa shape index (κ2) is 6.45. The molecule has 0 aromatic heterocycles. The zero-order valence-electron chi connectivity index (χ0n) is 14.4. The number of sulfonamides is 1. The van der Waals surface area contributed by atoms with Crippen LogP contribution in [0.3, 0.4) is 0 Å². The van der Waals surface area contributed by atoms with Gasteiger partial charge in [-0.2, -0.15) is 0 Å². The van der Waals surface area contributed by atoms with Crippen molar-refractivity contribution in [2.45, 2.75) is 25.2 Å². The van der Waals surface area contributed by atoms with Crippen LogP contribution in [0.5, 0.6) is 0 Å². The quantitative estimate of drug-likeness (QED) is 0.851. The molecule has 1 heterocycles. The Balaban J connectivity index is 1.94. The van der Waals surface area contributed by atoms with Gasteiger partial charge < -0.3 is 10.6 Å². The first-order chi connectivity index (χ1) is 12.2. The summed E-state index contributed by atoms with van der Waals surface area (Å²) in [5.41, 5.74) is 7.88. The maximum absolute atomic E-state index is 12.7. The standard InChI is InChI=1S/C18H19N3O4S/c1-11-15(18(19)23)4-3-5-16(11)20-26(24,25)14-6-7-17-13(10-14)8-9-21(17)12(2)22/h3-7,10,20H,8-9H2,1-2H3,(H2,19,23). The Morgan fingerprint density at radius 2 is 1.92 bits per heavy atom. The van der Waals surface area contributed by atoms with Crippen molar-refractivity contribution in [1.29, 1.82) is 0 Å². The van der Waals surface area contributed by atoms with Crippen molar-refractivity contribution in [3.8, 4) is 0 Å². The molecule has 1 aliphatic rings. The molecule has 1 aliphatic heterocycles. The molecule has 8 heteroatoms. The lowest BCUT2D eigenvalue weighted by molar-refractivity contribution is -0.116. The molecule has 0 saturated heterocycles. The summed E-state index contributed by atoms with van der Waals surface area (Å²) in [6, 6.07) is 9.37. The van der Waals surface area contributed by atoms with E-state index in [0.717, 1.165) is 11.3 Å². The summed E-state index contributed by atoms with van der Waals surface area (Å²) in [5, 5.41) is 0. The zero-order chi connectivity index (χ0) is 19.1. The topological polar surface area (TPSA) is 110 Å². The fourth-order valence-electron chi connectivity index (χ4n) is 3.09. The van der Waals surface area contributed by atoms with Gasteiger partial charge in [0.1, 0.15) is 0 Å². The van der Waals surface area contributed by atoms with E-state index in [1.807, 2.05) is 0 Å². The Labute approximate surface area is 151 Å². The maximum atomic E-state index is 12.7. The van der Waals surface area contributed by atoms with Crippen molar-refractivity contribution in [3.63, 3.8) is 0 Å². The van der Waals surface area contributed by atoms with Crippen LogP contribution in [0.25, 0.3) is 0 Å². The molecule has 26 heavy (non-hydrogen) atoms. The third-order valence-corrected chi connectivity index (χ3v) is 5.84. The van der Waals surface area contributed by atoms with Gasteiger partial charge in [0, 0.05) is 24.7 Å². The minimum absolute atomic E-state index is 0.0728. The molecule has 0 atom stereocenters. The molecule has 2 amide bonds. The molecule has 7 nitrogen and oxygen atoms in total. The van der Waals surface area contributed by atoms with Crippen LogP contribution in [0.15, 0.2) is 41.3 Å². The predicted molar refractivity (Wildman–Crippen MR) is 98.7 cm³/mol. The van der Waals surface area contributed by atoms with Gasteiger partial charge in [0.2, 0.25) is 11.8 Å². The number of fused-ring (bicyclic) bond motifs is 1. The summed E-state index contributed by atoms with van der Waals surface area (Å²) in [6.07, 6.45) is 0.606. The number of benzene rings is 2. The molecule has 0 bridgehead atoms. The molecular weight excluding hydrogens is 354 g/mol. The third-order valence-electron chi connectivity index (χ3n) is 4.48. The maximum Gasteiger partial charge on any atom is 0.261 e. The molecule has 0 radical (unpaired) electrons. The largest absolute Gasteiger partial charge is 0.366 e. The predicted octanol–water partition coefficient (Wildman–Crippen LogP) is 1.80. The van der Waals surface area contributed by atoms with E-state index in [1.54, 1.807) is 42.2 Å². The number of rotatable bonds is 4. The van der Waals surface area contributed by atoms with E-state index in [9.17, 15) is 18.0 Å². The third kappa shape index (κ3) is 3.15. The van der Waals surface area contributed by atoms with Gasteiger partial charge >= 0.3 is 0 Å². The van der Waals surface area contributed by atoms with E-state index in [2.05, 4.69) is 4.72 Å². The SMILES string of the molecule is CC(=O)N1CCc2cc(S(=O)(=O)Nc3cccc(C(N)=O)c3C)ccc21. The van der Waals surface area contributed by atoms with Crippen LogP contribution in [0.1, 0.15) is 28.4 Å². The summed E-state index contributed by atoms with van der Waals surface area (Å²) in [4.78, 5) is 24.8. The number of nitrogens with one attached hydrogen (secondary N) is 1. The molecule has 2 aromatic rings. The van der Waals surface area contributed by atoms with Crippen molar-refractivity contribution in [1.82, 2.24) is 0 Å². The van der Waals surface area contributed by atoms with E-state index >= 15 is 0 Å². The van der Waals surface area contributed by atoms with E-state index in [1.165, 1.54) is 13.0 Å². The monoisotopic (exact) mass is 373 g/mol. The Hall–Kier alpha value is -2.87. The number of primary amides is 1. The van der Waals surface area contributed by atoms with Crippen LogP contribution in [-0.2, 0) is 21.2 Å². The number of hydrogen-bond acceptors (Lipinski definition) is 4. The smallest absolute Gasteiger partial charge is 0.261 e. The second-order valence-corrected chi connectivity index (χ2v) is 7.84. The Morgan fingerprint density at radius 1 is 1.19 bits per heavy atom. The lowest BCUT2D eigenvalue weighted by atomic mass is 10.1. The van der Waals surface area contributed by atoms with Crippen LogP contribution >= 0.6 is 0 Å². The molecule has 0 spiro atoms. The van der Waals surface area contributed by atoms with Crippen LogP contribution in [0, 0.1) is 6.92 Å². The lowest BCUT2D eigenvalue weighted by Crippen LogP contribution is -2.25. The Bertz CT molecular complexity index is 1020. The number of anilines is 2. The van der Waals surface area contributed by atoms with Gasteiger partial charge in [-0.05, 0) is 54.8 Å². The van der Waals surface area contributed by atoms with Gasteiger partial charge in [-0.25, -0.2) is 8.42 Å². The van der Waals surface area contributed by atoms with Gasteiger partial charge in [0.15, 0.2) is 0 Å². The Kier molecular flexibility index (Phi) is 4.45. The highest BCUT2D eigenvalue weighted by molar-refractivity contribution is 7.92. The minimum atomic E-state index is -3.84. The Morgan fingerprint density at radius 3 is 2.58 bits per heavy atom. The highest BCUT2D eigenvalue weighted by Gasteiger charge is 2.25. The molecule has 0 saturated carbocycles. The van der Waals surface area contributed by atoms with Crippen molar-refractivity contribution in [3.05, 3.63) is 53.1 Å². The molecule has 0 fully saturated rings. The second-order valence-electron chi connectivity index (χ2n) is 6.16. The van der Waals surface area contributed by atoms with Gasteiger partial charge in [-0.3, -0.25) is 14.3 Å². The number of nitrogens with zero attached hydrogens (tertiary/aromatic N) is 1. The van der Waals surface area contributed by atoms with E-state index in [-0.39, 0.29) is 16.4 Å². The summed E-state index contributed by atoms with van der Waals surface area (Å²) in [5.74, 6) is -0.693. The molecular formula is C18H19N3O4S. The average molecular weight is 373 g/mol. The van der Waals surface area contributed by atoms with Gasteiger partial charge in [-0.1, -0.05) is 6.07 Å². The first-order valence-corrected chi connectivity index (χ1v) is 9.52. The van der Waals surface area contributed by atoms with Crippen molar-refractivity contribution >= 4 is 33.2 Å². The van der Waals surface area contributed by atoms with Crippen molar-refractivity contribution in [2.75, 3.05) is 16.2 Å². The lowest BCUT2D eigenvalue weighted by Gasteiger charge is -2.16. The highest BCUT2D eigenvalue weighted by atomic mass is 32.2. The zero-order valence-corrected chi connectivity index (χ0v) is 15.3. The molecule has 0 aliphatic carbocycles. The van der Waals surface area contributed by atoms with Crippen LogP contribution in [-0.4, -0.2) is 26.8 Å². The van der Waals surface area contributed by atoms with Gasteiger partial charge in [0.05, 0.1) is 10.6 Å². The fraction of sp³-hybridized carbons (Fsp3) is 0.222. The van der Waals surface area contributed by atoms with Crippen LogP contribution in [0.4, 0.5) is 11.4 Å². The molecule has 0 unspecified atom stereocenters. The van der Waals surface area contributed by atoms with E-state index < -0.39 is 15.9 Å². The number of nitrogens with two attached hydrogens (primary N) is 1. The number of carbonyl (C=O) groups is 2. The summed E-state index contributed by atoms with van der Waals surface area (Å²) >= 11 is 0. The van der Waals surface area contributed by atoms with E-state index in [0.29, 0.717) is 24.2 Å². The van der Waals surface area contributed by atoms with E-state index in [4.69, 9.17) is 5.73 Å². The van der Waals surface area contributed by atoms with Crippen LogP contribution in [0.2, 0.25) is 0 Å². The number of hydrogen-bond donors (Lipinski definition) is 2. The summed E-state index contributed by atoms with van der Waals surface area (Å²) < 4.78 is 28.0. The minimum Gasteiger partial charge on any atom is -0.366 e. The van der Waals surface area contributed by atoms with Crippen LogP contribution < -0.4 is 15.4 Å². The van der Waals surface area contributed by atoms with Crippen molar-refractivity contribution < 1.29 is 18.0 Å². The van der Waals surface area contributed by atoms with Gasteiger partial charge in [-0.15, -0.1) is 0 Å². The summed E-state index contributed by atoms with van der Waals surface area (Å²) in [7, 11) is -3.84. The normalized spacial score (nSPS) is 13.4. The first kappa shape index (κ1) is 17.9. The molecule has 2 aromatic carbocycles. The van der Waals surface area contributed by atoms with Gasteiger partial charge in [0.25, 0.3) is 10.0 Å². The van der Waals surface area contributed by atoms with Crippen molar-refractivity contribution in [2.24, 2.45) is 5.73 Å². The summed E-state index contributed by atoms with van der Waals surface area (Å²) in [6.45, 7) is 3.66. The fourth-order valence-corrected chi connectivity index (χ4v) is 4.26. The molecule has 3 rings (SSSR count). The highest BCUT2D eigenvalue weighted by Crippen LogP contribution is 2.31. The first-order valence-electron chi connectivity index (χ1n) is 8.04.